The average molecular weight is 420 g/mol. The van der Waals surface area contributed by atoms with Crippen LogP contribution >= 0.6 is 11.8 Å². The zero-order chi connectivity index (χ0) is 20.3. The largest absolute Gasteiger partial charge is 0.416 e. The Labute approximate surface area is 180 Å². The topological polar surface area (TPSA) is 59.2 Å². The summed E-state index contributed by atoms with van der Waals surface area (Å²) in [6, 6.07) is 16.4. The fourth-order valence-corrected chi connectivity index (χ4v) is 5.15. The molecule has 0 spiro atoms. The van der Waals surface area contributed by atoms with Gasteiger partial charge >= 0.3 is 0 Å². The number of anilines is 2. The smallest absolute Gasteiger partial charge is 0.277 e. The molecule has 1 fully saturated rings. The molecular weight excluding hydrogens is 394 g/mol. The summed E-state index contributed by atoms with van der Waals surface area (Å²) in [7, 11) is 0. The van der Waals surface area contributed by atoms with E-state index in [0.29, 0.717) is 11.1 Å². The Morgan fingerprint density at radius 2 is 1.57 bits per heavy atom. The van der Waals surface area contributed by atoms with Gasteiger partial charge in [-0.2, -0.15) is 0 Å². The van der Waals surface area contributed by atoms with Crippen LogP contribution in [0.5, 0.6) is 0 Å². The molecule has 1 aliphatic heterocycles. The summed E-state index contributed by atoms with van der Waals surface area (Å²) in [4.78, 5) is 15.2. The van der Waals surface area contributed by atoms with Crippen LogP contribution in [0, 0.1) is 0 Å². The molecule has 0 unspecified atom stereocenters. The lowest BCUT2D eigenvalue weighted by atomic mass is 9.89. The van der Waals surface area contributed by atoms with Crippen LogP contribution in [0.1, 0.15) is 55.0 Å². The van der Waals surface area contributed by atoms with E-state index in [9.17, 15) is 4.79 Å². The molecule has 5 nitrogen and oxygen atoms in total. The highest BCUT2D eigenvalue weighted by atomic mass is 32.2. The Kier molecular flexibility index (Phi) is 5.58. The molecule has 154 valence electrons. The van der Waals surface area contributed by atoms with Crippen molar-refractivity contribution in [1.29, 1.82) is 0 Å². The van der Waals surface area contributed by atoms with E-state index in [1.165, 1.54) is 42.2 Å². The zero-order valence-electron chi connectivity index (χ0n) is 16.9. The summed E-state index contributed by atoms with van der Waals surface area (Å²) in [5.74, 6) is 1.39. The van der Waals surface area contributed by atoms with Crippen molar-refractivity contribution in [3.05, 3.63) is 65.5 Å². The molecule has 1 amide bonds. The fourth-order valence-electron chi connectivity index (χ4n) is 4.53. The number of hydrogen-bond donors (Lipinski definition) is 0. The standard InChI is InChI=1S/C24H25N3O2S/c28-22(16-30-24-26-25-23(29-24)19-10-2-1-3-11-19)27-20-12-6-4-8-17(20)14-15-18-9-5-7-13-21(18)27/h4-9,12-13,19H,1-3,10-11,14-16H2. The molecule has 0 radical (unpaired) electrons. The van der Waals surface area contributed by atoms with Gasteiger partial charge in [0.1, 0.15) is 0 Å². The normalized spacial score (nSPS) is 16.6. The molecule has 2 heterocycles. The second kappa shape index (κ2) is 8.64. The number of benzene rings is 2. The molecule has 2 aliphatic rings. The van der Waals surface area contributed by atoms with Crippen LogP contribution < -0.4 is 4.90 Å². The summed E-state index contributed by atoms with van der Waals surface area (Å²) >= 11 is 1.33. The molecule has 5 rings (SSSR count). The third-order valence-electron chi connectivity index (χ3n) is 6.07. The Morgan fingerprint density at radius 3 is 2.23 bits per heavy atom. The third-order valence-corrected chi connectivity index (χ3v) is 6.88. The minimum Gasteiger partial charge on any atom is -0.416 e. The number of amides is 1. The van der Waals surface area contributed by atoms with Gasteiger partial charge < -0.3 is 4.42 Å². The van der Waals surface area contributed by atoms with Gasteiger partial charge in [0.2, 0.25) is 11.8 Å². The molecule has 1 aromatic heterocycles. The summed E-state index contributed by atoms with van der Waals surface area (Å²) in [5, 5.41) is 8.93. The van der Waals surface area contributed by atoms with Crippen molar-refractivity contribution in [2.75, 3.05) is 10.7 Å². The number of carbonyl (C=O) groups excluding carboxylic acids is 1. The molecule has 3 aromatic rings. The number of aryl methyl sites for hydroxylation is 2. The number of nitrogens with zero attached hydrogens (tertiary/aromatic N) is 3. The number of rotatable bonds is 4. The van der Waals surface area contributed by atoms with E-state index in [1.807, 2.05) is 41.3 Å². The van der Waals surface area contributed by atoms with Gasteiger partial charge in [-0.1, -0.05) is 67.4 Å². The first kappa shape index (κ1) is 19.4. The molecule has 0 saturated heterocycles. The Hall–Kier alpha value is -2.60. The van der Waals surface area contributed by atoms with Crippen molar-refractivity contribution in [1.82, 2.24) is 10.2 Å². The van der Waals surface area contributed by atoms with Crippen LogP contribution in [0.15, 0.2) is 58.2 Å². The summed E-state index contributed by atoms with van der Waals surface area (Å²) in [6.45, 7) is 0. The van der Waals surface area contributed by atoms with Crippen LogP contribution in [0.4, 0.5) is 11.4 Å². The maximum absolute atomic E-state index is 13.4. The number of fused-ring (bicyclic) bond motifs is 2. The first-order chi connectivity index (χ1) is 14.8. The van der Waals surface area contributed by atoms with Gasteiger partial charge in [-0.15, -0.1) is 10.2 Å². The molecule has 1 saturated carbocycles. The number of hydrogen-bond acceptors (Lipinski definition) is 5. The highest BCUT2D eigenvalue weighted by Crippen LogP contribution is 2.37. The third kappa shape index (κ3) is 3.88. The van der Waals surface area contributed by atoms with Crippen molar-refractivity contribution >= 4 is 29.0 Å². The van der Waals surface area contributed by atoms with E-state index in [1.54, 1.807) is 0 Å². The number of aromatic nitrogens is 2. The Morgan fingerprint density at radius 1 is 0.933 bits per heavy atom. The molecule has 0 bridgehead atoms. The second-order valence-corrected chi connectivity index (χ2v) is 8.94. The van der Waals surface area contributed by atoms with Gasteiger partial charge in [-0.25, -0.2) is 0 Å². The first-order valence-electron chi connectivity index (χ1n) is 10.7. The zero-order valence-corrected chi connectivity index (χ0v) is 17.7. The maximum Gasteiger partial charge on any atom is 0.277 e. The van der Waals surface area contributed by atoms with Gasteiger partial charge in [0.05, 0.1) is 17.1 Å². The second-order valence-electron chi connectivity index (χ2n) is 8.02. The van der Waals surface area contributed by atoms with E-state index in [0.717, 1.165) is 42.9 Å². The van der Waals surface area contributed by atoms with Crippen molar-refractivity contribution in [2.24, 2.45) is 0 Å². The van der Waals surface area contributed by atoms with Crippen molar-refractivity contribution in [3.8, 4) is 0 Å². The molecule has 0 N–H and O–H groups in total. The van der Waals surface area contributed by atoms with E-state index in [-0.39, 0.29) is 11.7 Å². The molecule has 30 heavy (non-hydrogen) atoms. The lowest BCUT2D eigenvalue weighted by Crippen LogP contribution is -2.28. The van der Waals surface area contributed by atoms with Gasteiger partial charge in [-0.05, 0) is 48.9 Å². The summed E-state index contributed by atoms with van der Waals surface area (Å²) < 4.78 is 5.89. The van der Waals surface area contributed by atoms with Crippen LogP contribution in [-0.2, 0) is 17.6 Å². The van der Waals surface area contributed by atoms with Gasteiger partial charge in [-0.3, -0.25) is 9.69 Å². The fraction of sp³-hybridized carbons (Fsp3) is 0.375. The van der Waals surface area contributed by atoms with E-state index < -0.39 is 0 Å². The Bertz CT molecular complexity index is 995. The van der Waals surface area contributed by atoms with Gasteiger partial charge in [0, 0.05) is 5.92 Å². The molecule has 1 aliphatic carbocycles. The number of thioether (sulfide) groups is 1. The van der Waals surface area contributed by atoms with Crippen molar-refractivity contribution in [2.45, 2.75) is 56.1 Å². The van der Waals surface area contributed by atoms with Crippen LogP contribution in [0.3, 0.4) is 0 Å². The monoisotopic (exact) mass is 419 g/mol. The van der Waals surface area contributed by atoms with Crippen LogP contribution in [0.2, 0.25) is 0 Å². The SMILES string of the molecule is O=C(CSc1nnc(C2CCCCC2)o1)N1c2ccccc2CCc2ccccc21. The number of carbonyl (C=O) groups is 1. The quantitative estimate of drug-likeness (QED) is 0.510. The number of para-hydroxylation sites is 2. The van der Waals surface area contributed by atoms with Crippen molar-refractivity contribution in [3.63, 3.8) is 0 Å². The Balaban J connectivity index is 1.36. The minimum atomic E-state index is 0.0271. The lowest BCUT2D eigenvalue weighted by Gasteiger charge is -2.24. The summed E-state index contributed by atoms with van der Waals surface area (Å²) in [6.07, 6.45) is 7.83. The molecule has 0 atom stereocenters. The summed E-state index contributed by atoms with van der Waals surface area (Å²) in [5.41, 5.74) is 4.34. The van der Waals surface area contributed by atoms with E-state index in [2.05, 4.69) is 22.3 Å². The highest BCUT2D eigenvalue weighted by molar-refractivity contribution is 7.99. The van der Waals surface area contributed by atoms with Gasteiger partial charge in [0.15, 0.2) is 0 Å². The van der Waals surface area contributed by atoms with Gasteiger partial charge in [0.25, 0.3) is 5.22 Å². The predicted octanol–water partition coefficient (Wildman–Crippen LogP) is 5.67. The molecule has 2 aromatic carbocycles. The van der Waals surface area contributed by atoms with E-state index in [4.69, 9.17) is 4.42 Å². The van der Waals surface area contributed by atoms with Crippen LogP contribution in [0.25, 0.3) is 0 Å². The molecule has 6 heteroatoms. The minimum absolute atomic E-state index is 0.0271. The average Bonchev–Trinajstić information content (AvgIpc) is 3.21. The lowest BCUT2D eigenvalue weighted by molar-refractivity contribution is -0.115. The van der Waals surface area contributed by atoms with Crippen molar-refractivity contribution < 1.29 is 9.21 Å². The molecular formula is C24H25N3O2S. The van der Waals surface area contributed by atoms with E-state index >= 15 is 0 Å². The highest BCUT2D eigenvalue weighted by Gasteiger charge is 2.26. The first-order valence-corrected chi connectivity index (χ1v) is 11.7. The van der Waals surface area contributed by atoms with Crippen LogP contribution in [-0.4, -0.2) is 21.9 Å². The maximum atomic E-state index is 13.4. The predicted molar refractivity (Wildman–Crippen MR) is 118 cm³/mol.